The lowest BCUT2D eigenvalue weighted by Crippen LogP contribution is -2.51. The molecule has 2 rings (SSSR count). The molecule has 1 saturated heterocycles. The van der Waals surface area contributed by atoms with E-state index in [2.05, 4.69) is 4.98 Å². The number of carboxylic acid groups (broad SMARTS) is 1. The number of nitrogens with zero attached hydrogens (tertiary/aromatic N) is 3. The number of rotatable bonds is 2. The Labute approximate surface area is 134 Å². The molecule has 0 saturated carbocycles. The largest absolute Gasteiger partial charge is 0.465 e. The Kier molecular flexibility index (Phi) is 4.69. The number of hydrogen-bond acceptors (Lipinski definition) is 3. The number of pyridine rings is 1. The standard InChI is InChI=1S/C13H13ClF3N3O3/c1-7-4-9(13(15,16)17)18-11(14)8(7)5-19-2-3-20(12(22)23)6-10(19)21/h4H,2-3,5-6H2,1H3,(H,22,23). The molecule has 10 heteroatoms. The van der Waals surface area contributed by atoms with Crippen LogP contribution in [0.4, 0.5) is 18.0 Å². The third-order valence-electron chi connectivity index (χ3n) is 3.53. The van der Waals surface area contributed by atoms with E-state index in [4.69, 9.17) is 16.7 Å². The first kappa shape index (κ1) is 17.3. The molecular weight excluding hydrogens is 339 g/mol. The lowest BCUT2D eigenvalue weighted by Gasteiger charge is -2.33. The van der Waals surface area contributed by atoms with Crippen LogP contribution < -0.4 is 0 Å². The van der Waals surface area contributed by atoms with Gasteiger partial charge in [-0.1, -0.05) is 11.6 Å². The Hall–Kier alpha value is -2.03. The van der Waals surface area contributed by atoms with E-state index >= 15 is 0 Å². The first-order chi connectivity index (χ1) is 10.6. The molecule has 0 unspecified atom stereocenters. The van der Waals surface area contributed by atoms with E-state index in [1.807, 2.05) is 0 Å². The SMILES string of the molecule is Cc1cc(C(F)(F)F)nc(Cl)c1CN1CCN(C(=O)O)CC1=O. The predicted molar refractivity (Wildman–Crippen MR) is 74.0 cm³/mol. The average molecular weight is 352 g/mol. The number of hydrogen-bond donors (Lipinski definition) is 1. The number of halogens is 4. The molecule has 2 heterocycles. The Morgan fingerprint density at radius 1 is 1.43 bits per heavy atom. The topological polar surface area (TPSA) is 73.7 Å². The van der Waals surface area contributed by atoms with Gasteiger partial charge in [0.05, 0.1) is 0 Å². The van der Waals surface area contributed by atoms with Gasteiger partial charge in [0.2, 0.25) is 5.91 Å². The van der Waals surface area contributed by atoms with Gasteiger partial charge in [0.25, 0.3) is 0 Å². The minimum absolute atomic E-state index is 0.0118. The molecule has 126 valence electrons. The fraction of sp³-hybridized carbons (Fsp3) is 0.462. The molecule has 0 aromatic carbocycles. The third-order valence-corrected chi connectivity index (χ3v) is 3.84. The Morgan fingerprint density at radius 2 is 2.09 bits per heavy atom. The maximum Gasteiger partial charge on any atom is 0.433 e. The molecule has 0 atom stereocenters. The Morgan fingerprint density at radius 3 is 2.57 bits per heavy atom. The summed E-state index contributed by atoms with van der Waals surface area (Å²) >= 11 is 5.83. The van der Waals surface area contributed by atoms with Crippen molar-refractivity contribution in [2.75, 3.05) is 19.6 Å². The summed E-state index contributed by atoms with van der Waals surface area (Å²) in [5, 5.41) is 8.53. The van der Waals surface area contributed by atoms with E-state index in [9.17, 15) is 22.8 Å². The van der Waals surface area contributed by atoms with Gasteiger partial charge in [0.15, 0.2) is 0 Å². The predicted octanol–water partition coefficient (Wildman–Crippen LogP) is 2.38. The summed E-state index contributed by atoms with van der Waals surface area (Å²) in [6, 6.07) is 0.874. The van der Waals surface area contributed by atoms with Crippen molar-refractivity contribution in [3.05, 3.63) is 28.0 Å². The van der Waals surface area contributed by atoms with E-state index in [0.29, 0.717) is 5.56 Å². The molecular formula is C13H13ClF3N3O3. The molecule has 1 aliphatic heterocycles. The molecule has 0 bridgehead atoms. The normalized spacial score (nSPS) is 16.0. The van der Waals surface area contributed by atoms with Gasteiger partial charge >= 0.3 is 12.3 Å². The van der Waals surface area contributed by atoms with Crippen molar-refractivity contribution in [2.45, 2.75) is 19.6 Å². The van der Waals surface area contributed by atoms with Gasteiger partial charge in [0, 0.05) is 25.2 Å². The summed E-state index contributed by atoms with van der Waals surface area (Å²) in [5.41, 5.74) is -0.506. The highest BCUT2D eigenvalue weighted by Gasteiger charge is 2.34. The highest BCUT2D eigenvalue weighted by atomic mass is 35.5. The van der Waals surface area contributed by atoms with Crippen LogP contribution in [0.1, 0.15) is 16.8 Å². The van der Waals surface area contributed by atoms with E-state index in [1.165, 1.54) is 11.8 Å². The fourth-order valence-corrected chi connectivity index (χ4v) is 2.53. The molecule has 1 fully saturated rings. The molecule has 1 aliphatic rings. The van der Waals surface area contributed by atoms with E-state index in [0.717, 1.165) is 11.0 Å². The van der Waals surface area contributed by atoms with Gasteiger partial charge in [-0.25, -0.2) is 9.78 Å². The second-order valence-electron chi connectivity index (χ2n) is 5.11. The molecule has 2 amide bonds. The Balaban J connectivity index is 2.18. The number of piperazine rings is 1. The lowest BCUT2D eigenvalue weighted by atomic mass is 10.1. The third kappa shape index (κ3) is 3.84. The van der Waals surface area contributed by atoms with Gasteiger partial charge in [-0.2, -0.15) is 13.2 Å². The summed E-state index contributed by atoms with van der Waals surface area (Å²) in [6.45, 7) is 1.42. The highest BCUT2D eigenvalue weighted by Crippen LogP contribution is 2.31. The summed E-state index contributed by atoms with van der Waals surface area (Å²) < 4.78 is 38.0. The van der Waals surface area contributed by atoms with Crippen LogP contribution in [0.2, 0.25) is 5.15 Å². The van der Waals surface area contributed by atoms with Crippen molar-refractivity contribution < 1.29 is 27.9 Å². The van der Waals surface area contributed by atoms with Crippen molar-refractivity contribution in [1.82, 2.24) is 14.8 Å². The monoisotopic (exact) mass is 351 g/mol. The number of carbonyl (C=O) groups excluding carboxylic acids is 1. The molecule has 0 aliphatic carbocycles. The second kappa shape index (κ2) is 6.23. The van der Waals surface area contributed by atoms with Crippen molar-refractivity contribution in [2.24, 2.45) is 0 Å². The van der Waals surface area contributed by atoms with Crippen LogP contribution in [0.25, 0.3) is 0 Å². The maximum absolute atomic E-state index is 12.7. The van der Waals surface area contributed by atoms with Crippen molar-refractivity contribution in [3.8, 4) is 0 Å². The summed E-state index contributed by atoms with van der Waals surface area (Å²) in [4.78, 5) is 28.4. The number of aromatic nitrogens is 1. The van der Waals surface area contributed by atoms with Crippen LogP contribution in [-0.2, 0) is 17.5 Å². The summed E-state index contributed by atoms with van der Waals surface area (Å²) in [7, 11) is 0. The second-order valence-corrected chi connectivity index (χ2v) is 5.47. The van der Waals surface area contributed by atoms with Crippen molar-refractivity contribution in [3.63, 3.8) is 0 Å². The zero-order valence-electron chi connectivity index (χ0n) is 12.0. The van der Waals surface area contributed by atoms with E-state index < -0.39 is 23.9 Å². The summed E-state index contributed by atoms with van der Waals surface area (Å²) in [5.74, 6) is -0.436. The average Bonchev–Trinajstić information content (AvgIpc) is 2.42. The number of amides is 2. The smallest absolute Gasteiger partial charge is 0.433 e. The van der Waals surface area contributed by atoms with Gasteiger partial charge in [-0.3, -0.25) is 9.69 Å². The van der Waals surface area contributed by atoms with Gasteiger partial charge in [-0.15, -0.1) is 0 Å². The van der Waals surface area contributed by atoms with Gasteiger partial charge in [0.1, 0.15) is 17.4 Å². The fourth-order valence-electron chi connectivity index (χ4n) is 2.23. The number of alkyl halides is 3. The van der Waals surface area contributed by atoms with Gasteiger partial charge in [-0.05, 0) is 18.6 Å². The first-order valence-corrected chi connectivity index (χ1v) is 6.96. The van der Waals surface area contributed by atoms with E-state index in [1.54, 1.807) is 0 Å². The number of aryl methyl sites for hydroxylation is 1. The summed E-state index contributed by atoms with van der Waals surface area (Å²) in [6.07, 6.45) is -5.79. The van der Waals surface area contributed by atoms with Crippen molar-refractivity contribution in [1.29, 1.82) is 0 Å². The zero-order chi connectivity index (χ0) is 17.4. The maximum atomic E-state index is 12.7. The van der Waals surface area contributed by atoms with Crippen LogP contribution >= 0.6 is 11.6 Å². The molecule has 0 radical (unpaired) electrons. The molecule has 0 spiro atoms. The van der Waals surface area contributed by atoms with Crippen LogP contribution in [0.15, 0.2) is 6.07 Å². The van der Waals surface area contributed by atoms with Crippen LogP contribution in [-0.4, -0.2) is 51.5 Å². The molecule has 23 heavy (non-hydrogen) atoms. The van der Waals surface area contributed by atoms with E-state index in [-0.39, 0.29) is 36.9 Å². The van der Waals surface area contributed by atoms with Crippen LogP contribution in [0, 0.1) is 6.92 Å². The number of carbonyl (C=O) groups is 2. The molecule has 6 nitrogen and oxygen atoms in total. The first-order valence-electron chi connectivity index (χ1n) is 6.58. The molecule has 1 N–H and O–H groups in total. The van der Waals surface area contributed by atoms with Crippen LogP contribution in [0.5, 0.6) is 0 Å². The van der Waals surface area contributed by atoms with Crippen LogP contribution in [0.3, 0.4) is 0 Å². The lowest BCUT2D eigenvalue weighted by molar-refractivity contribution is -0.141. The van der Waals surface area contributed by atoms with Gasteiger partial charge < -0.3 is 10.0 Å². The Bertz CT molecular complexity index is 628. The minimum Gasteiger partial charge on any atom is -0.465 e. The molecule has 1 aromatic heterocycles. The van der Waals surface area contributed by atoms with Crippen molar-refractivity contribution >= 4 is 23.6 Å². The molecule has 1 aromatic rings. The minimum atomic E-state index is -4.60. The quantitative estimate of drug-likeness (QED) is 0.830. The zero-order valence-corrected chi connectivity index (χ0v) is 12.8. The highest BCUT2D eigenvalue weighted by molar-refractivity contribution is 6.30.